The van der Waals surface area contributed by atoms with Gasteiger partial charge < -0.3 is 5.32 Å². The second-order valence-corrected chi connectivity index (χ2v) is 6.62. The first-order valence-electron chi connectivity index (χ1n) is 6.37. The number of rotatable bonds is 3. The Morgan fingerprint density at radius 3 is 2.24 bits per heavy atom. The summed E-state index contributed by atoms with van der Waals surface area (Å²) in [5.41, 5.74) is 0. The third kappa shape index (κ3) is 4.21. The molecule has 0 bridgehead atoms. The summed E-state index contributed by atoms with van der Waals surface area (Å²) in [5, 5.41) is 3.35. The van der Waals surface area contributed by atoms with Crippen LogP contribution >= 0.6 is 0 Å². The minimum atomic E-state index is -3.29. The van der Waals surface area contributed by atoms with Gasteiger partial charge in [0.1, 0.15) is 0 Å². The van der Waals surface area contributed by atoms with Gasteiger partial charge in [0.15, 0.2) is 0 Å². The SMILES string of the molecule is CS(=O)(=O)O[C@H]1CC[C@H](N2CCNCC2)CC1. The number of nitrogens with zero attached hydrogens (tertiary/aromatic N) is 1. The molecule has 0 unspecified atom stereocenters. The van der Waals surface area contributed by atoms with Gasteiger partial charge in [-0.1, -0.05) is 0 Å². The Morgan fingerprint density at radius 2 is 1.71 bits per heavy atom. The van der Waals surface area contributed by atoms with Crippen molar-refractivity contribution in [3.8, 4) is 0 Å². The van der Waals surface area contributed by atoms with Crippen LogP contribution in [0.4, 0.5) is 0 Å². The van der Waals surface area contributed by atoms with E-state index in [9.17, 15) is 8.42 Å². The molecular formula is C11H22N2O3S. The van der Waals surface area contributed by atoms with Crippen LogP contribution in [-0.4, -0.2) is 57.9 Å². The summed E-state index contributed by atoms with van der Waals surface area (Å²) >= 11 is 0. The van der Waals surface area contributed by atoms with Crippen molar-refractivity contribution in [2.24, 2.45) is 0 Å². The van der Waals surface area contributed by atoms with Crippen LogP contribution in [0.25, 0.3) is 0 Å². The molecule has 1 aliphatic heterocycles. The van der Waals surface area contributed by atoms with E-state index in [0.717, 1.165) is 58.1 Å². The summed E-state index contributed by atoms with van der Waals surface area (Å²) in [4.78, 5) is 2.52. The van der Waals surface area contributed by atoms with Gasteiger partial charge in [0.2, 0.25) is 0 Å². The average molecular weight is 262 g/mol. The zero-order valence-electron chi connectivity index (χ0n) is 10.4. The van der Waals surface area contributed by atoms with Crippen LogP contribution in [0.15, 0.2) is 0 Å². The fourth-order valence-corrected chi connectivity index (χ4v) is 3.49. The molecule has 0 amide bonds. The van der Waals surface area contributed by atoms with E-state index in [-0.39, 0.29) is 6.10 Å². The monoisotopic (exact) mass is 262 g/mol. The third-order valence-electron chi connectivity index (χ3n) is 3.62. The molecule has 1 N–H and O–H groups in total. The number of hydrogen-bond donors (Lipinski definition) is 1. The van der Waals surface area contributed by atoms with E-state index in [1.807, 2.05) is 0 Å². The molecule has 5 nitrogen and oxygen atoms in total. The van der Waals surface area contributed by atoms with Gasteiger partial charge in [-0.2, -0.15) is 8.42 Å². The molecule has 0 aromatic rings. The molecule has 6 heteroatoms. The van der Waals surface area contributed by atoms with Gasteiger partial charge in [-0.15, -0.1) is 0 Å². The van der Waals surface area contributed by atoms with Gasteiger partial charge in [-0.3, -0.25) is 9.08 Å². The van der Waals surface area contributed by atoms with Crippen LogP contribution in [0.3, 0.4) is 0 Å². The summed E-state index contributed by atoms with van der Waals surface area (Å²) in [5.74, 6) is 0. The summed E-state index contributed by atoms with van der Waals surface area (Å²) in [6.07, 6.45) is 4.88. The first-order chi connectivity index (χ1) is 8.04. The second-order valence-electron chi connectivity index (χ2n) is 5.02. The minimum absolute atomic E-state index is 0.0934. The number of nitrogens with one attached hydrogen (secondary N) is 1. The molecule has 0 radical (unpaired) electrons. The van der Waals surface area contributed by atoms with E-state index in [1.165, 1.54) is 0 Å². The zero-order valence-corrected chi connectivity index (χ0v) is 11.2. The molecule has 1 heterocycles. The highest BCUT2D eigenvalue weighted by Crippen LogP contribution is 2.26. The van der Waals surface area contributed by atoms with Crippen molar-refractivity contribution in [2.75, 3.05) is 32.4 Å². The summed E-state index contributed by atoms with van der Waals surface area (Å²) in [7, 11) is -3.29. The maximum atomic E-state index is 11.0. The lowest BCUT2D eigenvalue weighted by atomic mass is 9.92. The van der Waals surface area contributed by atoms with Gasteiger partial charge in [0.05, 0.1) is 12.4 Å². The van der Waals surface area contributed by atoms with Gasteiger partial charge in [-0.25, -0.2) is 0 Å². The van der Waals surface area contributed by atoms with Crippen molar-refractivity contribution < 1.29 is 12.6 Å². The van der Waals surface area contributed by atoms with Crippen LogP contribution < -0.4 is 5.32 Å². The lowest BCUT2D eigenvalue weighted by Gasteiger charge is -2.38. The third-order valence-corrected chi connectivity index (χ3v) is 4.24. The Hall–Kier alpha value is -0.170. The summed E-state index contributed by atoms with van der Waals surface area (Å²) in [6.45, 7) is 4.37. The van der Waals surface area contributed by atoms with Crippen LogP contribution in [0.5, 0.6) is 0 Å². The molecule has 1 saturated carbocycles. The van der Waals surface area contributed by atoms with Crippen LogP contribution in [0, 0.1) is 0 Å². The van der Waals surface area contributed by atoms with E-state index in [4.69, 9.17) is 4.18 Å². The summed E-state index contributed by atoms with van der Waals surface area (Å²) < 4.78 is 27.1. The normalized spacial score (nSPS) is 32.5. The first kappa shape index (κ1) is 13.3. The molecule has 0 atom stereocenters. The van der Waals surface area contributed by atoms with Crippen molar-refractivity contribution in [1.82, 2.24) is 10.2 Å². The van der Waals surface area contributed by atoms with E-state index in [2.05, 4.69) is 10.2 Å². The minimum Gasteiger partial charge on any atom is -0.314 e. The number of piperazine rings is 1. The van der Waals surface area contributed by atoms with E-state index in [0.29, 0.717) is 6.04 Å². The predicted molar refractivity (Wildman–Crippen MR) is 66.4 cm³/mol. The summed E-state index contributed by atoms with van der Waals surface area (Å²) in [6, 6.07) is 0.622. The van der Waals surface area contributed by atoms with Gasteiger partial charge >= 0.3 is 0 Å². The molecule has 17 heavy (non-hydrogen) atoms. The standard InChI is InChI=1S/C11H22N2O3S/c1-17(14,15)16-11-4-2-10(3-5-11)13-8-6-12-7-9-13/h10-12H,2-9H2,1H3/t10-,11-. The molecule has 2 rings (SSSR count). The molecular weight excluding hydrogens is 240 g/mol. The first-order valence-corrected chi connectivity index (χ1v) is 8.19. The lowest BCUT2D eigenvalue weighted by Crippen LogP contribution is -2.49. The van der Waals surface area contributed by atoms with Crippen LogP contribution in [0.1, 0.15) is 25.7 Å². The van der Waals surface area contributed by atoms with Crippen LogP contribution in [0.2, 0.25) is 0 Å². The number of hydrogen-bond acceptors (Lipinski definition) is 5. The van der Waals surface area contributed by atoms with E-state index >= 15 is 0 Å². The van der Waals surface area contributed by atoms with E-state index in [1.54, 1.807) is 0 Å². The highest BCUT2D eigenvalue weighted by Gasteiger charge is 2.28. The quantitative estimate of drug-likeness (QED) is 0.735. The Kier molecular flexibility index (Phi) is 4.41. The molecule has 1 saturated heterocycles. The molecule has 0 aromatic heterocycles. The van der Waals surface area contributed by atoms with Crippen molar-refractivity contribution in [2.45, 2.75) is 37.8 Å². The predicted octanol–water partition coefficient (Wildman–Crippen LogP) is 0.179. The van der Waals surface area contributed by atoms with Crippen molar-refractivity contribution >= 4 is 10.1 Å². The smallest absolute Gasteiger partial charge is 0.264 e. The zero-order chi connectivity index (χ0) is 12.3. The molecule has 0 spiro atoms. The lowest BCUT2D eigenvalue weighted by molar-refractivity contribution is 0.0847. The Morgan fingerprint density at radius 1 is 1.12 bits per heavy atom. The molecule has 100 valence electrons. The Bertz CT molecular complexity index is 331. The maximum Gasteiger partial charge on any atom is 0.264 e. The van der Waals surface area contributed by atoms with Crippen molar-refractivity contribution in [3.63, 3.8) is 0 Å². The molecule has 0 aromatic carbocycles. The van der Waals surface area contributed by atoms with Gasteiger partial charge in [-0.05, 0) is 25.7 Å². The Labute approximate surface area is 104 Å². The highest BCUT2D eigenvalue weighted by atomic mass is 32.2. The largest absolute Gasteiger partial charge is 0.314 e. The van der Waals surface area contributed by atoms with Crippen molar-refractivity contribution in [1.29, 1.82) is 0 Å². The van der Waals surface area contributed by atoms with Gasteiger partial charge in [0.25, 0.3) is 10.1 Å². The molecule has 2 aliphatic rings. The fraction of sp³-hybridized carbons (Fsp3) is 1.00. The topological polar surface area (TPSA) is 58.6 Å². The van der Waals surface area contributed by atoms with Crippen LogP contribution in [-0.2, 0) is 14.3 Å². The van der Waals surface area contributed by atoms with Crippen molar-refractivity contribution in [3.05, 3.63) is 0 Å². The second kappa shape index (κ2) is 5.65. The average Bonchev–Trinajstić information content (AvgIpc) is 2.29. The van der Waals surface area contributed by atoms with E-state index < -0.39 is 10.1 Å². The molecule has 1 aliphatic carbocycles. The fourth-order valence-electron chi connectivity index (χ4n) is 2.80. The van der Waals surface area contributed by atoms with Gasteiger partial charge in [0, 0.05) is 32.2 Å². The maximum absolute atomic E-state index is 11.0. The highest BCUT2D eigenvalue weighted by molar-refractivity contribution is 7.86. The Balaban J connectivity index is 1.77. The molecule has 2 fully saturated rings.